The summed E-state index contributed by atoms with van der Waals surface area (Å²) in [7, 11) is 1.63. The zero-order valence-corrected chi connectivity index (χ0v) is 25.1. The molecule has 1 saturated heterocycles. The lowest BCUT2D eigenvalue weighted by atomic mass is 10.1. The van der Waals surface area contributed by atoms with E-state index in [4.69, 9.17) is 14.2 Å². The van der Waals surface area contributed by atoms with Gasteiger partial charge in [0, 0.05) is 60.6 Å². The number of fused-ring (bicyclic) bond motifs is 1. The minimum absolute atomic E-state index is 0.155. The second kappa shape index (κ2) is 14.8. The molecule has 0 atom stereocenters. The Hall–Kier alpha value is -4.25. The van der Waals surface area contributed by atoms with E-state index >= 15 is 0 Å². The standard InChI is InChI=1S/C33H40N6O4/c1-23(2)34-21-24-5-7-25(8-6-24)33(40)38-27-11-9-26(10-12-27)37-32-28-19-30(41-3)31(20-29(28)35-22-36-32)43-16-4-13-39-14-17-42-18-15-39/h5-12,19-20,22-23,34H,4,13-18,21H2,1-3H3,(H,38,40)(H,35,36,37). The number of aromatic nitrogens is 2. The minimum Gasteiger partial charge on any atom is -0.493 e. The Morgan fingerprint density at radius 1 is 0.977 bits per heavy atom. The summed E-state index contributed by atoms with van der Waals surface area (Å²) >= 11 is 0. The lowest BCUT2D eigenvalue weighted by molar-refractivity contribution is 0.0357. The van der Waals surface area contributed by atoms with Gasteiger partial charge >= 0.3 is 0 Å². The van der Waals surface area contributed by atoms with Crippen molar-refractivity contribution in [3.63, 3.8) is 0 Å². The number of methoxy groups -OCH3 is 1. The van der Waals surface area contributed by atoms with Crippen LogP contribution in [0.15, 0.2) is 67.0 Å². The molecule has 1 fully saturated rings. The van der Waals surface area contributed by atoms with Gasteiger partial charge in [0.05, 0.1) is 32.4 Å². The molecule has 0 saturated carbocycles. The van der Waals surface area contributed by atoms with E-state index in [2.05, 4.69) is 44.7 Å². The van der Waals surface area contributed by atoms with Crippen molar-refractivity contribution in [2.24, 2.45) is 0 Å². The zero-order valence-electron chi connectivity index (χ0n) is 25.1. The number of morpholine rings is 1. The molecule has 10 nitrogen and oxygen atoms in total. The summed E-state index contributed by atoms with van der Waals surface area (Å²) < 4.78 is 17.1. The number of ether oxygens (including phenoxy) is 3. The van der Waals surface area contributed by atoms with E-state index in [1.807, 2.05) is 60.7 Å². The number of nitrogens with one attached hydrogen (secondary N) is 3. The molecular formula is C33H40N6O4. The first-order chi connectivity index (χ1) is 21.0. The summed E-state index contributed by atoms with van der Waals surface area (Å²) in [4.78, 5) is 24.1. The number of anilines is 3. The number of hydrogen-bond acceptors (Lipinski definition) is 9. The lowest BCUT2D eigenvalue weighted by Crippen LogP contribution is -2.37. The van der Waals surface area contributed by atoms with Crippen LogP contribution in [-0.2, 0) is 11.3 Å². The normalized spacial score (nSPS) is 13.7. The lowest BCUT2D eigenvalue weighted by Gasteiger charge is -2.26. The summed E-state index contributed by atoms with van der Waals surface area (Å²) in [5, 5.41) is 10.5. The maximum absolute atomic E-state index is 12.8. The number of rotatable bonds is 13. The molecule has 0 aliphatic carbocycles. The molecule has 0 unspecified atom stereocenters. The number of nitrogens with zero attached hydrogens (tertiary/aromatic N) is 3. The summed E-state index contributed by atoms with van der Waals surface area (Å²) in [6.45, 7) is 10.1. The third-order valence-corrected chi connectivity index (χ3v) is 7.24. The van der Waals surface area contributed by atoms with Crippen molar-refractivity contribution in [3.8, 4) is 11.5 Å². The Morgan fingerprint density at radius 2 is 1.72 bits per heavy atom. The second-order valence-electron chi connectivity index (χ2n) is 10.8. The van der Waals surface area contributed by atoms with Crippen LogP contribution in [0.25, 0.3) is 10.9 Å². The van der Waals surface area contributed by atoms with Crippen molar-refractivity contribution < 1.29 is 19.0 Å². The highest BCUT2D eigenvalue weighted by Crippen LogP contribution is 2.35. The number of amides is 1. The quantitative estimate of drug-likeness (QED) is 0.182. The van der Waals surface area contributed by atoms with Gasteiger partial charge < -0.3 is 30.2 Å². The molecule has 43 heavy (non-hydrogen) atoms. The van der Waals surface area contributed by atoms with E-state index in [0.29, 0.717) is 41.2 Å². The van der Waals surface area contributed by atoms with Gasteiger partial charge in [-0.15, -0.1) is 0 Å². The van der Waals surface area contributed by atoms with Gasteiger partial charge in [0.25, 0.3) is 5.91 Å². The number of carbonyl (C=O) groups is 1. The summed E-state index contributed by atoms with van der Waals surface area (Å²) in [6.07, 6.45) is 2.44. The highest BCUT2D eigenvalue weighted by molar-refractivity contribution is 6.04. The molecule has 1 aliphatic heterocycles. The third-order valence-electron chi connectivity index (χ3n) is 7.24. The summed E-state index contributed by atoms with van der Waals surface area (Å²) in [6, 6.07) is 19.3. The highest BCUT2D eigenvalue weighted by atomic mass is 16.5. The first kappa shape index (κ1) is 30.2. The summed E-state index contributed by atoms with van der Waals surface area (Å²) in [5.41, 5.74) is 4.01. The van der Waals surface area contributed by atoms with Crippen LogP contribution < -0.4 is 25.4 Å². The topological polar surface area (TPSA) is 110 Å². The Bertz CT molecular complexity index is 1490. The van der Waals surface area contributed by atoms with E-state index in [0.717, 1.165) is 68.0 Å². The van der Waals surface area contributed by atoms with Gasteiger partial charge in [-0.2, -0.15) is 0 Å². The van der Waals surface area contributed by atoms with Crippen molar-refractivity contribution in [3.05, 3.63) is 78.1 Å². The van der Waals surface area contributed by atoms with Crippen LogP contribution in [0, 0.1) is 0 Å². The van der Waals surface area contributed by atoms with Gasteiger partial charge in [-0.3, -0.25) is 9.69 Å². The smallest absolute Gasteiger partial charge is 0.255 e. The Balaban J connectivity index is 1.19. The van der Waals surface area contributed by atoms with E-state index in [-0.39, 0.29) is 5.91 Å². The van der Waals surface area contributed by atoms with Crippen molar-refractivity contribution in [1.82, 2.24) is 20.2 Å². The van der Waals surface area contributed by atoms with Crippen LogP contribution in [0.2, 0.25) is 0 Å². The van der Waals surface area contributed by atoms with E-state index in [1.54, 1.807) is 7.11 Å². The first-order valence-corrected chi connectivity index (χ1v) is 14.7. The van der Waals surface area contributed by atoms with Crippen LogP contribution in [0.5, 0.6) is 11.5 Å². The van der Waals surface area contributed by atoms with Crippen molar-refractivity contribution in [1.29, 1.82) is 0 Å². The fourth-order valence-electron chi connectivity index (χ4n) is 4.80. The average Bonchev–Trinajstić information content (AvgIpc) is 3.03. The zero-order chi connectivity index (χ0) is 30.0. The van der Waals surface area contributed by atoms with Crippen LogP contribution in [0.4, 0.5) is 17.2 Å². The molecule has 5 rings (SSSR count). The predicted octanol–water partition coefficient (Wildman–Crippen LogP) is 5.23. The molecule has 1 amide bonds. The molecule has 4 aromatic rings. The molecule has 10 heteroatoms. The maximum atomic E-state index is 12.8. The molecule has 0 spiro atoms. The van der Waals surface area contributed by atoms with Crippen molar-refractivity contribution in [2.45, 2.75) is 32.9 Å². The number of carbonyl (C=O) groups excluding carboxylic acids is 1. The van der Waals surface area contributed by atoms with Crippen LogP contribution in [-0.4, -0.2) is 73.4 Å². The van der Waals surface area contributed by atoms with Crippen LogP contribution in [0.1, 0.15) is 36.2 Å². The molecule has 1 aromatic heterocycles. The third kappa shape index (κ3) is 8.41. The SMILES string of the molecule is COc1cc2c(Nc3ccc(NC(=O)c4ccc(CNC(C)C)cc4)cc3)ncnc2cc1OCCCN1CCOCC1. The fourth-order valence-corrected chi connectivity index (χ4v) is 4.80. The van der Waals surface area contributed by atoms with Gasteiger partial charge in [-0.25, -0.2) is 9.97 Å². The van der Waals surface area contributed by atoms with Crippen LogP contribution in [0.3, 0.4) is 0 Å². The van der Waals surface area contributed by atoms with Crippen LogP contribution >= 0.6 is 0 Å². The van der Waals surface area contributed by atoms with Gasteiger partial charge in [0.2, 0.25) is 0 Å². The number of benzene rings is 3. The predicted molar refractivity (Wildman–Crippen MR) is 170 cm³/mol. The first-order valence-electron chi connectivity index (χ1n) is 14.7. The highest BCUT2D eigenvalue weighted by Gasteiger charge is 2.14. The van der Waals surface area contributed by atoms with Crippen molar-refractivity contribution >= 4 is 34.0 Å². The second-order valence-corrected chi connectivity index (χ2v) is 10.8. The molecule has 3 aromatic carbocycles. The molecule has 226 valence electrons. The van der Waals surface area contributed by atoms with E-state index in [9.17, 15) is 4.79 Å². The van der Waals surface area contributed by atoms with E-state index < -0.39 is 0 Å². The fraction of sp³-hybridized carbons (Fsp3) is 0.364. The van der Waals surface area contributed by atoms with Gasteiger partial charge in [0.1, 0.15) is 12.1 Å². The molecule has 0 radical (unpaired) electrons. The average molecular weight is 585 g/mol. The molecule has 3 N–H and O–H groups in total. The Labute approximate surface area is 252 Å². The molecular weight excluding hydrogens is 544 g/mol. The summed E-state index contributed by atoms with van der Waals surface area (Å²) in [5.74, 6) is 1.77. The number of hydrogen-bond donors (Lipinski definition) is 3. The van der Waals surface area contributed by atoms with E-state index in [1.165, 1.54) is 6.33 Å². The van der Waals surface area contributed by atoms with Gasteiger partial charge in [-0.1, -0.05) is 26.0 Å². The monoisotopic (exact) mass is 584 g/mol. The minimum atomic E-state index is -0.155. The van der Waals surface area contributed by atoms with Gasteiger partial charge in [-0.05, 0) is 54.4 Å². The maximum Gasteiger partial charge on any atom is 0.255 e. The molecule has 1 aliphatic rings. The Kier molecular flexibility index (Phi) is 10.4. The van der Waals surface area contributed by atoms with Crippen molar-refractivity contribution in [2.75, 3.05) is 57.2 Å². The molecule has 2 heterocycles. The van der Waals surface area contributed by atoms with Gasteiger partial charge in [0.15, 0.2) is 11.5 Å². The largest absolute Gasteiger partial charge is 0.493 e. The molecule has 0 bridgehead atoms. The Morgan fingerprint density at radius 3 is 2.44 bits per heavy atom.